The van der Waals surface area contributed by atoms with Crippen molar-refractivity contribution in [2.75, 3.05) is 0 Å². The van der Waals surface area contributed by atoms with Crippen molar-refractivity contribution in [2.24, 2.45) is 0 Å². The number of benzene rings is 16. The number of hydrogen-bond acceptors (Lipinski definition) is 1. The molecular formula is C80H50O. The lowest BCUT2D eigenvalue weighted by molar-refractivity contribution is 0.669. The van der Waals surface area contributed by atoms with Crippen LogP contribution < -0.4 is 0 Å². The van der Waals surface area contributed by atoms with Crippen LogP contribution in [0.5, 0.6) is 0 Å². The van der Waals surface area contributed by atoms with E-state index in [-0.39, 0.29) is 0 Å². The van der Waals surface area contributed by atoms with Gasteiger partial charge in [0.2, 0.25) is 0 Å². The normalized spacial score (nSPS) is 11.7. The van der Waals surface area contributed by atoms with Crippen LogP contribution >= 0.6 is 0 Å². The second-order valence-electron chi connectivity index (χ2n) is 21.4. The predicted molar refractivity (Wildman–Crippen MR) is 347 cm³/mol. The SMILES string of the molecule is c1ccc2cc(-c3ccc(-c4c5ccccc5c(-c5cccc6ccccc56)c5ccccc45)cc3)ccc2c1.c1ccc2cc3c(cc2c1)oc1cccc(-c2c4ccccc4c(-c4cccc5ccccc45)c4ccccc24)c13. The smallest absolute Gasteiger partial charge is 0.136 e. The zero-order chi connectivity index (χ0) is 53.4. The zero-order valence-electron chi connectivity index (χ0n) is 44.3. The fourth-order valence-electron chi connectivity index (χ4n) is 13.2. The fraction of sp³-hybridized carbons (Fsp3) is 0. The van der Waals surface area contributed by atoms with E-state index in [1.165, 1.54) is 147 Å². The molecule has 0 bridgehead atoms. The molecule has 1 heteroatoms. The minimum Gasteiger partial charge on any atom is -0.456 e. The van der Waals surface area contributed by atoms with Gasteiger partial charge in [-0.15, -0.1) is 0 Å². The quantitative estimate of drug-likeness (QED) is 0.157. The summed E-state index contributed by atoms with van der Waals surface area (Å²) in [5, 5.41) is 22.5. The molecule has 0 spiro atoms. The van der Waals surface area contributed by atoms with Crippen LogP contribution in [0.2, 0.25) is 0 Å². The van der Waals surface area contributed by atoms with Gasteiger partial charge in [-0.25, -0.2) is 0 Å². The van der Waals surface area contributed by atoms with Crippen molar-refractivity contribution in [1.29, 1.82) is 0 Å². The largest absolute Gasteiger partial charge is 0.456 e. The number of furan rings is 1. The predicted octanol–water partition coefficient (Wildman–Crippen LogP) is 22.8. The molecule has 1 nitrogen and oxygen atoms in total. The maximum atomic E-state index is 6.49. The molecule has 16 aromatic carbocycles. The van der Waals surface area contributed by atoms with Gasteiger partial charge >= 0.3 is 0 Å². The highest BCUT2D eigenvalue weighted by atomic mass is 16.3. The first-order valence-electron chi connectivity index (χ1n) is 28.0. The van der Waals surface area contributed by atoms with Crippen molar-refractivity contribution in [3.8, 4) is 55.6 Å². The van der Waals surface area contributed by atoms with Gasteiger partial charge in [0.1, 0.15) is 11.2 Å². The first-order valence-corrected chi connectivity index (χ1v) is 28.0. The summed E-state index contributed by atoms with van der Waals surface area (Å²) >= 11 is 0. The molecule has 0 saturated heterocycles. The van der Waals surface area contributed by atoms with Crippen LogP contribution in [-0.2, 0) is 0 Å². The Labute approximate surface area is 468 Å². The third-order valence-corrected chi connectivity index (χ3v) is 16.9. The Balaban J connectivity index is 0.000000134. The summed E-state index contributed by atoms with van der Waals surface area (Å²) in [6, 6.07) is 110. The van der Waals surface area contributed by atoms with E-state index in [2.05, 4.69) is 303 Å². The molecule has 0 amide bonds. The minimum atomic E-state index is 0.916. The van der Waals surface area contributed by atoms with Gasteiger partial charge in [-0.05, 0) is 166 Å². The topological polar surface area (TPSA) is 13.1 Å². The molecule has 0 aliphatic rings. The van der Waals surface area contributed by atoms with E-state index in [1.54, 1.807) is 0 Å². The van der Waals surface area contributed by atoms with Gasteiger partial charge in [0.15, 0.2) is 0 Å². The van der Waals surface area contributed by atoms with E-state index in [1.807, 2.05) is 0 Å². The van der Waals surface area contributed by atoms with Crippen LogP contribution in [0.1, 0.15) is 0 Å². The highest BCUT2D eigenvalue weighted by molar-refractivity contribution is 6.28. The first-order chi connectivity index (χ1) is 40.2. The van der Waals surface area contributed by atoms with Crippen molar-refractivity contribution < 1.29 is 4.42 Å². The van der Waals surface area contributed by atoms with Crippen LogP contribution in [-0.4, -0.2) is 0 Å². The van der Waals surface area contributed by atoms with Crippen LogP contribution in [0.15, 0.2) is 308 Å². The standard InChI is InChI=1S/C40H24O.C40H26/c1-2-13-27-24-37-35(23-26(27)12-1)40-34(21-10-22-36(40)41-37)39-32-18-7-5-16-30(32)38(31-17-6-8-19-33(31)39)29-20-9-14-25-11-3-4-15-28(25)29;1-2-12-31-26-32(25-22-27(31)10-1)28-20-23-30(24-21-28)39-35-15-5-7-17-37(35)40(38-18-8-6-16-36(38)39)34-19-9-13-29-11-3-4-14-33(29)34/h1-24H;1-26H. The summed E-state index contributed by atoms with van der Waals surface area (Å²) in [4.78, 5) is 0. The van der Waals surface area contributed by atoms with Gasteiger partial charge in [-0.3, -0.25) is 0 Å². The van der Waals surface area contributed by atoms with E-state index < -0.39 is 0 Å². The number of hydrogen-bond donors (Lipinski definition) is 0. The highest BCUT2D eigenvalue weighted by Gasteiger charge is 2.22. The van der Waals surface area contributed by atoms with Crippen LogP contribution in [0.4, 0.5) is 0 Å². The average Bonchev–Trinajstić information content (AvgIpc) is 4.06. The first kappa shape index (κ1) is 46.5. The summed E-state index contributed by atoms with van der Waals surface area (Å²) in [7, 11) is 0. The molecule has 17 rings (SSSR count). The maximum Gasteiger partial charge on any atom is 0.136 e. The third kappa shape index (κ3) is 7.70. The van der Waals surface area contributed by atoms with Crippen molar-refractivity contribution in [3.05, 3.63) is 303 Å². The Morgan fingerprint density at radius 1 is 0.173 bits per heavy atom. The van der Waals surface area contributed by atoms with Gasteiger partial charge in [0.05, 0.1) is 0 Å². The molecule has 0 radical (unpaired) electrons. The highest BCUT2D eigenvalue weighted by Crippen LogP contribution is 2.49. The van der Waals surface area contributed by atoms with E-state index in [0.717, 1.165) is 16.6 Å². The van der Waals surface area contributed by atoms with Crippen molar-refractivity contribution in [2.45, 2.75) is 0 Å². The summed E-state index contributed by atoms with van der Waals surface area (Å²) in [5.41, 5.74) is 14.4. The Morgan fingerprint density at radius 3 is 1.02 bits per heavy atom. The number of fused-ring (bicyclic) bond motifs is 11. The summed E-state index contributed by atoms with van der Waals surface area (Å²) in [6.07, 6.45) is 0. The minimum absolute atomic E-state index is 0.916. The molecule has 81 heavy (non-hydrogen) atoms. The van der Waals surface area contributed by atoms with E-state index in [9.17, 15) is 0 Å². The van der Waals surface area contributed by atoms with Gasteiger partial charge in [-0.1, -0.05) is 279 Å². The molecule has 0 N–H and O–H groups in total. The molecule has 376 valence electrons. The molecule has 17 aromatic rings. The summed E-state index contributed by atoms with van der Waals surface area (Å²) in [5.74, 6) is 0. The lowest BCUT2D eigenvalue weighted by Gasteiger charge is -2.19. The molecule has 0 saturated carbocycles. The zero-order valence-corrected chi connectivity index (χ0v) is 44.3. The molecule has 0 fully saturated rings. The van der Waals surface area contributed by atoms with Gasteiger partial charge < -0.3 is 4.42 Å². The molecule has 0 aliphatic carbocycles. The maximum absolute atomic E-state index is 6.49. The van der Waals surface area contributed by atoms with Crippen molar-refractivity contribution >= 4 is 108 Å². The Bertz CT molecular complexity index is 5230. The Morgan fingerprint density at radius 2 is 0.519 bits per heavy atom. The van der Waals surface area contributed by atoms with Crippen molar-refractivity contribution in [1.82, 2.24) is 0 Å². The molecular weight excluding hydrogens is 977 g/mol. The van der Waals surface area contributed by atoms with E-state index in [0.29, 0.717) is 0 Å². The van der Waals surface area contributed by atoms with Crippen LogP contribution in [0.3, 0.4) is 0 Å². The molecule has 1 heterocycles. The Kier molecular flexibility index (Phi) is 11.0. The van der Waals surface area contributed by atoms with Gasteiger partial charge in [0, 0.05) is 10.8 Å². The average molecular weight is 1030 g/mol. The van der Waals surface area contributed by atoms with Gasteiger partial charge in [0.25, 0.3) is 0 Å². The van der Waals surface area contributed by atoms with E-state index >= 15 is 0 Å². The molecule has 0 unspecified atom stereocenters. The summed E-state index contributed by atoms with van der Waals surface area (Å²) < 4.78 is 6.49. The lowest BCUT2D eigenvalue weighted by Crippen LogP contribution is -1.92. The fourth-order valence-corrected chi connectivity index (χ4v) is 13.2. The monoisotopic (exact) mass is 1030 g/mol. The van der Waals surface area contributed by atoms with Crippen molar-refractivity contribution in [3.63, 3.8) is 0 Å². The second-order valence-corrected chi connectivity index (χ2v) is 21.4. The second kappa shape index (κ2) is 19.1. The molecule has 0 atom stereocenters. The van der Waals surface area contributed by atoms with E-state index in [4.69, 9.17) is 4.42 Å². The lowest BCUT2D eigenvalue weighted by atomic mass is 9.84. The summed E-state index contributed by atoms with van der Waals surface area (Å²) in [6.45, 7) is 0. The molecule has 1 aromatic heterocycles. The third-order valence-electron chi connectivity index (χ3n) is 16.9. The molecule has 0 aliphatic heterocycles. The van der Waals surface area contributed by atoms with Crippen LogP contribution in [0.25, 0.3) is 164 Å². The number of rotatable bonds is 5. The van der Waals surface area contributed by atoms with Crippen LogP contribution in [0, 0.1) is 0 Å². The Hall–Kier alpha value is -10.6. The van der Waals surface area contributed by atoms with Gasteiger partial charge in [-0.2, -0.15) is 0 Å².